The number of nitrogens with two attached hydrogens (primary N) is 1. The van der Waals surface area contributed by atoms with Crippen LogP contribution in [-0.2, 0) is 4.79 Å². The van der Waals surface area contributed by atoms with Crippen LogP contribution in [0.4, 0.5) is 0 Å². The van der Waals surface area contributed by atoms with E-state index in [4.69, 9.17) is 33.7 Å². The third kappa shape index (κ3) is 3.87. The molecule has 1 amide bonds. The van der Waals surface area contributed by atoms with E-state index in [1.807, 2.05) is 0 Å². The van der Waals surface area contributed by atoms with Crippen LogP contribution in [0.3, 0.4) is 0 Å². The zero-order chi connectivity index (χ0) is 18.0. The Morgan fingerprint density at radius 1 is 1.28 bits per heavy atom. The van der Waals surface area contributed by atoms with Gasteiger partial charge in [0.15, 0.2) is 11.5 Å². The molecule has 2 N–H and O–H groups in total. The summed E-state index contributed by atoms with van der Waals surface area (Å²) in [7, 11) is 1.66. The first kappa shape index (κ1) is 18.3. The number of hydrogen-bond acceptors (Lipinski definition) is 4. The maximum atomic E-state index is 12.9. The van der Waals surface area contributed by atoms with Crippen LogP contribution in [0, 0.1) is 5.92 Å². The number of hydrogen-bond donors (Lipinski definition) is 1. The van der Waals surface area contributed by atoms with E-state index in [-0.39, 0.29) is 18.5 Å². The van der Waals surface area contributed by atoms with Gasteiger partial charge in [0.2, 0.25) is 0 Å². The molecule has 1 atom stereocenters. The van der Waals surface area contributed by atoms with Crippen molar-refractivity contribution in [1.29, 1.82) is 0 Å². The second kappa shape index (κ2) is 7.42. The Kier molecular flexibility index (Phi) is 5.44. The standard InChI is InChI=1S/C18H23Cl2N3O2/c1-23-16(24)18(22-17(23)21,10-12-5-3-2-4-6-12)11-25-13-7-8-14(19)15(20)9-13/h7-9,12H,2-6,10-11H2,1H3,(H2,21,22). The van der Waals surface area contributed by atoms with Crippen molar-refractivity contribution in [2.24, 2.45) is 16.6 Å². The molecule has 1 unspecified atom stereocenters. The summed E-state index contributed by atoms with van der Waals surface area (Å²) in [5.74, 6) is 1.18. The van der Waals surface area contributed by atoms with Crippen LogP contribution in [-0.4, -0.2) is 36.0 Å². The van der Waals surface area contributed by atoms with Crippen LogP contribution in [0.1, 0.15) is 38.5 Å². The number of carbonyl (C=O) groups excluding carboxylic acids is 1. The molecule has 7 heteroatoms. The first-order valence-electron chi connectivity index (χ1n) is 8.63. The maximum Gasteiger partial charge on any atom is 0.260 e. The summed E-state index contributed by atoms with van der Waals surface area (Å²) in [6, 6.07) is 5.06. The molecule has 1 saturated carbocycles. The fourth-order valence-corrected chi connectivity index (χ4v) is 3.97. The fraction of sp³-hybridized carbons (Fsp3) is 0.556. The predicted octanol–water partition coefficient (Wildman–Crippen LogP) is 3.87. The topological polar surface area (TPSA) is 67.9 Å². The Morgan fingerprint density at radius 3 is 2.60 bits per heavy atom. The summed E-state index contributed by atoms with van der Waals surface area (Å²) in [5.41, 5.74) is 4.97. The number of likely N-dealkylation sites (N-methyl/N-ethyl adjacent to an activating group) is 1. The van der Waals surface area contributed by atoms with Gasteiger partial charge in [0, 0.05) is 13.1 Å². The number of benzene rings is 1. The van der Waals surface area contributed by atoms with Crippen LogP contribution >= 0.6 is 23.2 Å². The highest BCUT2D eigenvalue weighted by molar-refractivity contribution is 6.42. The minimum atomic E-state index is -0.951. The molecule has 0 radical (unpaired) electrons. The summed E-state index contributed by atoms with van der Waals surface area (Å²) in [6.07, 6.45) is 6.60. The molecule has 0 bridgehead atoms. The van der Waals surface area contributed by atoms with Gasteiger partial charge in [-0.3, -0.25) is 9.69 Å². The van der Waals surface area contributed by atoms with Gasteiger partial charge in [0.25, 0.3) is 5.91 Å². The molecule has 1 aromatic rings. The number of rotatable bonds is 5. The van der Waals surface area contributed by atoms with E-state index in [1.165, 1.54) is 24.2 Å². The van der Waals surface area contributed by atoms with E-state index in [2.05, 4.69) is 4.99 Å². The Hall–Kier alpha value is -1.46. The van der Waals surface area contributed by atoms with Crippen LogP contribution < -0.4 is 10.5 Å². The molecular weight excluding hydrogens is 361 g/mol. The highest BCUT2D eigenvalue weighted by Gasteiger charge is 2.48. The highest BCUT2D eigenvalue weighted by atomic mass is 35.5. The quantitative estimate of drug-likeness (QED) is 0.838. The number of ether oxygens (including phenoxy) is 1. The number of aliphatic imine (C=N–C) groups is 1. The summed E-state index contributed by atoms with van der Waals surface area (Å²) in [6.45, 7) is 0.144. The lowest BCUT2D eigenvalue weighted by atomic mass is 9.79. The zero-order valence-corrected chi connectivity index (χ0v) is 15.8. The molecule has 0 spiro atoms. The first-order chi connectivity index (χ1) is 11.9. The molecule has 25 heavy (non-hydrogen) atoms. The van der Waals surface area contributed by atoms with E-state index >= 15 is 0 Å². The van der Waals surface area contributed by atoms with Crippen molar-refractivity contribution in [3.63, 3.8) is 0 Å². The van der Waals surface area contributed by atoms with Crippen LogP contribution in [0.2, 0.25) is 10.0 Å². The van der Waals surface area contributed by atoms with Gasteiger partial charge in [-0.25, -0.2) is 4.99 Å². The Bertz CT molecular complexity index is 689. The molecule has 5 nitrogen and oxygen atoms in total. The molecule has 1 aliphatic carbocycles. The molecule has 2 aliphatic rings. The lowest BCUT2D eigenvalue weighted by Crippen LogP contribution is -2.47. The summed E-state index contributed by atoms with van der Waals surface area (Å²) in [5, 5.41) is 0.878. The lowest BCUT2D eigenvalue weighted by Gasteiger charge is -2.31. The second-order valence-electron chi connectivity index (χ2n) is 6.94. The predicted molar refractivity (Wildman–Crippen MR) is 100 cm³/mol. The molecule has 136 valence electrons. The van der Waals surface area contributed by atoms with Gasteiger partial charge in [-0.1, -0.05) is 55.3 Å². The highest BCUT2D eigenvalue weighted by Crippen LogP contribution is 2.36. The van der Waals surface area contributed by atoms with E-state index < -0.39 is 5.54 Å². The first-order valence-corrected chi connectivity index (χ1v) is 9.38. The van der Waals surface area contributed by atoms with Crippen LogP contribution in [0.5, 0.6) is 5.75 Å². The van der Waals surface area contributed by atoms with Gasteiger partial charge >= 0.3 is 0 Å². The van der Waals surface area contributed by atoms with Crippen molar-refractivity contribution >= 4 is 35.1 Å². The van der Waals surface area contributed by atoms with Gasteiger partial charge in [-0.2, -0.15) is 0 Å². The fourth-order valence-electron chi connectivity index (χ4n) is 3.68. The maximum absolute atomic E-state index is 12.9. The molecular formula is C18H23Cl2N3O2. The van der Waals surface area contributed by atoms with Gasteiger partial charge < -0.3 is 10.5 Å². The van der Waals surface area contributed by atoms with Crippen LogP contribution in [0.15, 0.2) is 23.2 Å². The minimum Gasteiger partial charge on any atom is -0.490 e. The van der Waals surface area contributed by atoms with Crippen molar-refractivity contribution in [3.05, 3.63) is 28.2 Å². The Balaban J connectivity index is 1.79. The van der Waals surface area contributed by atoms with Crippen molar-refractivity contribution in [1.82, 2.24) is 4.90 Å². The van der Waals surface area contributed by atoms with Gasteiger partial charge in [-0.15, -0.1) is 0 Å². The monoisotopic (exact) mass is 383 g/mol. The van der Waals surface area contributed by atoms with Crippen molar-refractivity contribution in [2.45, 2.75) is 44.1 Å². The number of carbonyl (C=O) groups is 1. The van der Waals surface area contributed by atoms with Crippen molar-refractivity contribution in [2.75, 3.05) is 13.7 Å². The lowest BCUT2D eigenvalue weighted by molar-refractivity contribution is -0.132. The summed E-state index contributed by atoms with van der Waals surface area (Å²) < 4.78 is 5.88. The van der Waals surface area contributed by atoms with Crippen LogP contribution in [0.25, 0.3) is 0 Å². The Morgan fingerprint density at radius 2 is 2.00 bits per heavy atom. The normalized spacial score (nSPS) is 24.5. The molecule has 0 saturated heterocycles. The Labute approximate surface area is 158 Å². The molecule has 1 aromatic carbocycles. The average Bonchev–Trinajstić information content (AvgIpc) is 2.81. The number of guanidine groups is 1. The summed E-state index contributed by atoms with van der Waals surface area (Å²) in [4.78, 5) is 18.8. The van der Waals surface area contributed by atoms with Crippen molar-refractivity contribution in [3.8, 4) is 5.75 Å². The molecule has 3 rings (SSSR count). The molecule has 1 aliphatic heterocycles. The summed E-state index contributed by atoms with van der Waals surface area (Å²) >= 11 is 12.0. The number of nitrogens with zero attached hydrogens (tertiary/aromatic N) is 2. The van der Waals surface area contributed by atoms with Gasteiger partial charge in [0.05, 0.1) is 10.0 Å². The van der Waals surface area contributed by atoms with E-state index in [9.17, 15) is 4.79 Å². The second-order valence-corrected chi connectivity index (χ2v) is 7.75. The average molecular weight is 384 g/mol. The smallest absolute Gasteiger partial charge is 0.260 e. The van der Waals surface area contributed by atoms with Crippen molar-refractivity contribution < 1.29 is 9.53 Å². The minimum absolute atomic E-state index is 0.101. The van der Waals surface area contributed by atoms with E-state index in [1.54, 1.807) is 25.2 Å². The third-order valence-electron chi connectivity index (χ3n) is 5.09. The number of amides is 1. The molecule has 1 fully saturated rings. The van der Waals surface area contributed by atoms with Gasteiger partial charge in [-0.05, 0) is 24.5 Å². The number of halogens is 2. The molecule has 1 heterocycles. The van der Waals surface area contributed by atoms with E-state index in [0.29, 0.717) is 28.1 Å². The third-order valence-corrected chi connectivity index (χ3v) is 5.83. The zero-order valence-electron chi connectivity index (χ0n) is 14.3. The largest absolute Gasteiger partial charge is 0.490 e. The molecule has 0 aromatic heterocycles. The SMILES string of the molecule is CN1C(=O)C(COc2ccc(Cl)c(Cl)c2)(CC2CCCCC2)N=C1N. The van der Waals surface area contributed by atoms with Gasteiger partial charge in [0.1, 0.15) is 12.4 Å². The van der Waals surface area contributed by atoms with E-state index in [0.717, 1.165) is 12.8 Å².